The molecule has 0 saturated carbocycles. The van der Waals surface area contributed by atoms with Gasteiger partial charge in [-0.25, -0.2) is 22.3 Å². The monoisotopic (exact) mass is 1070 g/mol. The number of aliphatic hydroxyl groups excluding tert-OH is 1. The zero-order valence-corrected chi connectivity index (χ0v) is 40.7. The molecule has 27 nitrogen and oxygen atoms in total. The summed E-state index contributed by atoms with van der Waals surface area (Å²) in [4.78, 5) is 70.7. The minimum absolute atomic E-state index is 0.0173. The number of anilines is 2. The molecule has 1 saturated heterocycles. The van der Waals surface area contributed by atoms with E-state index in [9.17, 15) is 59.5 Å². The van der Waals surface area contributed by atoms with E-state index in [1.165, 1.54) is 42.3 Å². The van der Waals surface area contributed by atoms with Crippen LogP contribution in [0.1, 0.15) is 55.1 Å². The predicted molar refractivity (Wildman–Crippen MR) is 245 cm³/mol. The molecule has 0 bridgehead atoms. The van der Waals surface area contributed by atoms with Crippen molar-refractivity contribution in [2.45, 2.75) is 72.9 Å². The average molecular weight is 1070 g/mol. The Hall–Kier alpha value is -5.49. The molecule has 1 unspecified atom stereocenters. The second-order valence-corrected chi connectivity index (χ2v) is 21.3. The van der Waals surface area contributed by atoms with E-state index in [1.807, 2.05) is 0 Å². The number of rotatable bonds is 22. The minimum atomic E-state index is -5.36. The van der Waals surface area contributed by atoms with Gasteiger partial charge in [0.1, 0.15) is 39.1 Å². The quantitative estimate of drug-likeness (QED) is 0.0143. The number of aromatic nitrogens is 2. The first kappa shape index (κ1) is 54.8. The molecule has 3 aliphatic rings. The van der Waals surface area contributed by atoms with E-state index in [0.29, 0.717) is 19.3 Å². The molecule has 1 aromatic heterocycles. The van der Waals surface area contributed by atoms with Crippen LogP contribution in [-0.4, -0.2) is 124 Å². The second-order valence-electron chi connectivity index (χ2n) is 16.0. The van der Waals surface area contributed by atoms with Crippen molar-refractivity contribution in [2.24, 2.45) is 0 Å². The highest BCUT2D eigenvalue weighted by atomic mass is 32.2. The third-order valence-electron chi connectivity index (χ3n) is 11.0. The number of phosphoric ester groups is 2. The molecule has 6 rings (SSSR count). The number of fused-ring (bicyclic) bond motifs is 2. The summed E-state index contributed by atoms with van der Waals surface area (Å²) in [6.07, 6.45) is -3.64. The lowest BCUT2D eigenvalue weighted by Gasteiger charge is -2.23. The Morgan fingerprint density at radius 1 is 0.958 bits per heavy atom. The van der Waals surface area contributed by atoms with Crippen LogP contribution >= 0.6 is 15.6 Å². The first-order chi connectivity index (χ1) is 33.2. The average Bonchev–Trinajstić information content (AvgIpc) is 3.56. The number of nitrogens with zero attached hydrogens (tertiary/aromatic N) is 3. The van der Waals surface area contributed by atoms with Gasteiger partial charge >= 0.3 is 31.5 Å². The summed E-state index contributed by atoms with van der Waals surface area (Å²) < 4.78 is 123. The number of nitrogen functional groups attached to an aromatic ring is 2. The van der Waals surface area contributed by atoms with Gasteiger partial charge < -0.3 is 55.2 Å². The fourth-order valence-electron chi connectivity index (χ4n) is 7.75. The van der Waals surface area contributed by atoms with Crippen molar-refractivity contribution in [1.29, 1.82) is 0 Å². The van der Waals surface area contributed by atoms with Gasteiger partial charge in [0.15, 0.2) is 17.6 Å². The predicted octanol–water partition coefficient (Wildman–Crippen LogP) is -0.165. The van der Waals surface area contributed by atoms with Crippen molar-refractivity contribution in [3.05, 3.63) is 82.2 Å². The maximum atomic E-state index is 14.0. The molecule has 12 N–H and O–H groups in total. The number of nitrogens with two attached hydrogens (primary N) is 3. The zero-order chi connectivity index (χ0) is 52.2. The van der Waals surface area contributed by atoms with Gasteiger partial charge in [0.25, 0.3) is 5.91 Å². The summed E-state index contributed by atoms with van der Waals surface area (Å²) in [6, 6.07) is 12.2. The van der Waals surface area contributed by atoms with Crippen LogP contribution in [0.4, 0.5) is 11.5 Å². The van der Waals surface area contributed by atoms with Crippen LogP contribution < -0.4 is 33.2 Å². The lowest BCUT2D eigenvalue weighted by atomic mass is 9.90. The Balaban J connectivity index is 0.998. The third kappa shape index (κ3) is 13.3. The Morgan fingerprint density at radius 3 is 2.34 bits per heavy atom. The molecule has 386 valence electrons. The number of phosphoric acid groups is 2. The number of hydrogen-bond acceptors (Lipinski definition) is 19. The van der Waals surface area contributed by atoms with E-state index in [1.54, 1.807) is 12.1 Å². The van der Waals surface area contributed by atoms with Crippen molar-refractivity contribution in [2.75, 3.05) is 44.8 Å². The molecule has 0 radical (unpaired) electrons. The van der Waals surface area contributed by atoms with Crippen LogP contribution in [0.25, 0.3) is 33.4 Å². The first-order valence-electron chi connectivity index (χ1n) is 21.2. The molecule has 2 amide bonds. The van der Waals surface area contributed by atoms with Crippen LogP contribution in [0.5, 0.6) is 0 Å². The highest BCUT2D eigenvalue weighted by Gasteiger charge is 2.50. The topological polar surface area (TPSA) is 439 Å². The standard InChI is InChI=1S/C40H49N7O20P2S2/c1-46(38(50)23-10-5-4-9-22(23)31-24-12-14-26(41)36(70(57,58)59)33(24)66-34-25(31)13-15-27(42)37(34)71(60,61)62)18-8-11-30(48)44-17-6-2-3-7-20-63-69(55,56)67-35-28(21-64-68(52,53)54)65-39(32(35)49)47-19-16-29(43)45-40(47)51/h4-5,9-10,12-16,19,28,32,35,39,41,49H,2-3,6-8,11,17-18,20-21,42H2,1H3,(H,44,48)(H,55,56)(H2,43,45,51)(H2,52,53,54)(H,57,58,59)(H,60,61,62)/t28-,32-,35-,39-/m1/s1. The number of carbonyl (C=O) groups is 2. The maximum Gasteiger partial charge on any atom is 0.472 e. The normalized spacial score (nSPS) is 18.4. The number of carbonyl (C=O) groups excluding carboxylic acids is 2. The van der Waals surface area contributed by atoms with Crippen LogP contribution in [0.3, 0.4) is 0 Å². The summed E-state index contributed by atoms with van der Waals surface area (Å²) in [6.45, 7) is -0.862. The van der Waals surface area contributed by atoms with Crippen LogP contribution in [0.2, 0.25) is 0 Å². The summed E-state index contributed by atoms with van der Waals surface area (Å²) in [5, 5.41) is 19.1. The zero-order valence-electron chi connectivity index (χ0n) is 37.3. The molecule has 5 atom stereocenters. The Kier molecular flexibility index (Phi) is 17.1. The van der Waals surface area contributed by atoms with E-state index in [-0.39, 0.29) is 78.3 Å². The van der Waals surface area contributed by atoms with Gasteiger partial charge in [0.05, 0.1) is 18.9 Å². The molecule has 2 aromatic carbocycles. The number of ether oxygens (including phenoxy) is 1. The van der Waals surface area contributed by atoms with Gasteiger partial charge in [-0.2, -0.15) is 13.4 Å². The number of amides is 2. The van der Waals surface area contributed by atoms with Gasteiger partial charge in [0.2, 0.25) is 16.2 Å². The Morgan fingerprint density at radius 2 is 1.66 bits per heavy atom. The number of unbranched alkanes of at least 4 members (excludes halogenated alkanes) is 3. The molecule has 3 heterocycles. The number of aliphatic hydroxyl groups is 1. The largest absolute Gasteiger partial charge is 0.744 e. The number of nitrogens with one attached hydrogen (secondary N) is 1. The highest BCUT2D eigenvalue weighted by molar-refractivity contribution is 7.86. The highest BCUT2D eigenvalue weighted by Crippen LogP contribution is 2.50. The SMILES string of the molecule is CN(CCCC(=O)NCCCCCCOP(=O)(O)O[C@H]1[C@@H](O)[C@H](n2ccc(N)nc2=O)O[C@@H]1COP(=O)(O)O)C(=O)c1ccccc1-c1c2ccc(=[NH2+])c(S(=O)(=O)O)c-2oc2c(S(=O)(=O)[O-])c(N)ccc12. The van der Waals surface area contributed by atoms with E-state index < -0.39 is 111 Å². The van der Waals surface area contributed by atoms with E-state index >= 15 is 0 Å². The molecule has 1 fully saturated rings. The Labute approximate surface area is 403 Å². The number of benzene rings is 3. The van der Waals surface area contributed by atoms with Gasteiger partial charge in [-0.3, -0.25) is 37.7 Å². The lowest BCUT2D eigenvalue weighted by Crippen LogP contribution is -2.47. The summed E-state index contributed by atoms with van der Waals surface area (Å²) in [5.74, 6) is -1.65. The molecule has 1 aliphatic carbocycles. The molecular weight excluding hydrogens is 1020 g/mol. The molecule has 2 aliphatic heterocycles. The Bertz CT molecular complexity index is 3240. The van der Waals surface area contributed by atoms with E-state index in [4.69, 9.17) is 44.9 Å². The fraction of sp³-hybridized carbons (Fsp3) is 0.375. The molecule has 31 heteroatoms. The van der Waals surface area contributed by atoms with Crippen molar-refractivity contribution < 1.29 is 92.6 Å². The van der Waals surface area contributed by atoms with Crippen LogP contribution in [0.15, 0.2) is 79.8 Å². The minimum Gasteiger partial charge on any atom is -0.744 e. The summed E-state index contributed by atoms with van der Waals surface area (Å²) in [5.41, 5.74) is 9.47. The summed E-state index contributed by atoms with van der Waals surface area (Å²) in [7, 11) is -19.0. The van der Waals surface area contributed by atoms with Crippen molar-refractivity contribution in [1.82, 2.24) is 19.8 Å². The van der Waals surface area contributed by atoms with Crippen LogP contribution in [0, 0.1) is 0 Å². The maximum absolute atomic E-state index is 14.0. The van der Waals surface area contributed by atoms with Gasteiger partial charge in [-0.15, -0.1) is 0 Å². The third-order valence-corrected chi connectivity index (χ3v) is 14.3. The van der Waals surface area contributed by atoms with E-state index in [0.717, 1.165) is 22.9 Å². The van der Waals surface area contributed by atoms with Crippen molar-refractivity contribution in [3.8, 4) is 22.5 Å². The smallest absolute Gasteiger partial charge is 0.472 e. The lowest BCUT2D eigenvalue weighted by molar-refractivity contribution is -0.176. The molecule has 3 aromatic rings. The molecular formula is C40H49N7O20P2S2. The number of hydrogen-bond donors (Lipinski definition) is 9. The van der Waals surface area contributed by atoms with Gasteiger partial charge in [-0.05, 0) is 55.2 Å². The summed E-state index contributed by atoms with van der Waals surface area (Å²) >= 11 is 0. The van der Waals surface area contributed by atoms with Crippen molar-refractivity contribution in [3.63, 3.8) is 0 Å². The fourth-order valence-corrected chi connectivity index (χ4v) is 10.6. The van der Waals surface area contributed by atoms with Gasteiger partial charge in [-0.1, -0.05) is 31.0 Å². The molecule has 71 heavy (non-hydrogen) atoms. The first-order valence-corrected chi connectivity index (χ1v) is 27.1. The van der Waals surface area contributed by atoms with Gasteiger partial charge in [0, 0.05) is 60.9 Å². The van der Waals surface area contributed by atoms with Crippen LogP contribution in [-0.2, 0) is 52.5 Å². The van der Waals surface area contributed by atoms with Crippen molar-refractivity contribution >= 4 is 70.2 Å². The molecule has 0 spiro atoms. The second kappa shape index (κ2) is 22.1. The van der Waals surface area contributed by atoms with E-state index in [2.05, 4.69) is 14.8 Å².